The third kappa shape index (κ3) is 3.61. The van der Waals surface area contributed by atoms with Crippen molar-refractivity contribution in [2.75, 3.05) is 6.54 Å². The Labute approximate surface area is 201 Å². The summed E-state index contributed by atoms with van der Waals surface area (Å²) in [4.78, 5) is 25.9. The molecule has 1 aliphatic heterocycles. The molecule has 0 radical (unpaired) electrons. The first-order valence-electron chi connectivity index (χ1n) is 12.1. The smallest absolute Gasteiger partial charge is 0.353 e. The number of hydrogen-bond donors (Lipinski definition) is 1. The summed E-state index contributed by atoms with van der Waals surface area (Å²) in [6.45, 7) is 6.66. The van der Waals surface area contributed by atoms with Crippen LogP contribution in [0.2, 0.25) is 0 Å². The number of amides is 1. The average Bonchev–Trinajstić information content (AvgIpc) is 3.01. The minimum Gasteiger partial charge on any atom is -0.353 e. The molecule has 3 fully saturated rings. The van der Waals surface area contributed by atoms with Crippen LogP contribution in [0.25, 0.3) is 0 Å². The van der Waals surface area contributed by atoms with Crippen LogP contribution in [0.3, 0.4) is 0 Å². The van der Waals surface area contributed by atoms with Crippen LogP contribution >= 0.6 is 0 Å². The highest BCUT2D eigenvalue weighted by Crippen LogP contribution is 2.62. The average molecular weight is 485 g/mol. The Morgan fingerprint density at radius 3 is 2.53 bits per heavy atom. The Balaban J connectivity index is 1.42. The molecule has 3 saturated carbocycles. The number of rotatable bonds is 3. The molecule has 0 saturated heterocycles. The number of nitrogens with zero attached hydrogens (tertiary/aromatic N) is 1. The van der Waals surface area contributed by atoms with Crippen molar-refractivity contribution in [1.82, 2.24) is 5.32 Å². The van der Waals surface area contributed by atoms with E-state index in [1.165, 1.54) is 12.1 Å². The van der Waals surface area contributed by atoms with Gasteiger partial charge in [-0.05, 0) is 63.0 Å². The predicted molar refractivity (Wildman–Crippen MR) is 127 cm³/mol. The lowest BCUT2D eigenvalue weighted by molar-refractivity contribution is -0.140. The van der Waals surface area contributed by atoms with E-state index in [1.54, 1.807) is 18.2 Å². The van der Waals surface area contributed by atoms with Crippen LogP contribution in [0, 0.1) is 35.5 Å². The molecule has 0 spiro atoms. The second-order valence-electron chi connectivity index (χ2n) is 10.9. The zero-order chi connectivity index (χ0) is 24.3. The van der Waals surface area contributed by atoms with E-state index in [4.69, 9.17) is 4.28 Å². The number of ketones is 1. The molecular weight excluding hydrogens is 452 g/mol. The quantitative estimate of drug-likeness (QED) is 0.655. The molecule has 1 aromatic rings. The monoisotopic (exact) mass is 484 g/mol. The number of hydrogen-bond acceptors (Lipinski definition) is 6. The van der Waals surface area contributed by atoms with Gasteiger partial charge in [-0.2, -0.15) is 8.42 Å². The summed E-state index contributed by atoms with van der Waals surface area (Å²) in [6.07, 6.45) is 5.98. The van der Waals surface area contributed by atoms with Gasteiger partial charge in [-0.15, -0.1) is 0 Å². The molecule has 34 heavy (non-hydrogen) atoms. The first kappa shape index (κ1) is 23.3. The zero-order valence-electron chi connectivity index (χ0n) is 20.0. The summed E-state index contributed by atoms with van der Waals surface area (Å²) in [5, 5.41) is 7.08. The number of Topliss-reactive ketones (excluding diaryl/α,β-unsaturated/α-hetero) is 1. The van der Waals surface area contributed by atoms with E-state index >= 15 is 0 Å². The van der Waals surface area contributed by atoms with Crippen molar-refractivity contribution in [3.8, 4) is 0 Å². The molecule has 0 bridgehead atoms. The molecule has 3 aliphatic carbocycles. The van der Waals surface area contributed by atoms with Crippen molar-refractivity contribution < 1.29 is 22.3 Å². The van der Waals surface area contributed by atoms with E-state index in [9.17, 15) is 18.0 Å². The second-order valence-corrected chi connectivity index (χ2v) is 12.4. The van der Waals surface area contributed by atoms with Gasteiger partial charge in [0.05, 0.1) is 5.71 Å². The Hall–Kier alpha value is -2.48. The molecule has 5 rings (SSSR count). The molecular formula is C26H32N2O5S. The maximum atomic E-state index is 13.7. The fourth-order valence-corrected chi connectivity index (χ4v) is 7.92. The number of benzene rings is 1. The molecule has 8 heteroatoms. The Bertz CT molecular complexity index is 1200. The summed E-state index contributed by atoms with van der Waals surface area (Å²) in [7, 11) is -4.02. The van der Waals surface area contributed by atoms with Crippen molar-refractivity contribution in [1.29, 1.82) is 0 Å². The van der Waals surface area contributed by atoms with E-state index in [2.05, 4.69) is 17.4 Å². The van der Waals surface area contributed by atoms with Crippen LogP contribution in [0.15, 0.2) is 46.0 Å². The number of oxime groups is 1. The van der Waals surface area contributed by atoms with Gasteiger partial charge in [-0.25, -0.2) is 0 Å². The van der Waals surface area contributed by atoms with Crippen molar-refractivity contribution in [3.05, 3.63) is 41.5 Å². The topological polar surface area (TPSA) is 102 Å². The van der Waals surface area contributed by atoms with Crippen molar-refractivity contribution >= 4 is 27.5 Å². The van der Waals surface area contributed by atoms with Gasteiger partial charge in [0, 0.05) is 35.8 Å². The van der Waals surface area contributed by atoms with Gasteiger partial charge < -0.3 is 5.32 Å². The van der Waals surface area contributed by atoms with Gasteiger partial charge in [-0.1, -0.05) is 42.3 Å². The van der Waals surface area contributed by atoms with Crippen LogP contribution in [0.5, 0.6) is 0 Å². The second kappa shape index (κ2) is 8.04. The number of nitrogens with one attached hydrogen (secondary N) is 1. The fourth-order valence-electron chi connectivity index (χ4n) is 7.18. The molecule has 0 aromatic heterocycles. The first-order chi connectivity index (χ1) is 16.0. The standard InChI is InChI=1S/C26H32N2O5S/c1-16-4-7-18(8-5-16)34(31,32)33-28-22-11-10-20-19-9-6-17-14-23(30)27-13-12-25(17,2)24(19)21(29)15-26(20,22)3/h4-5,7-8,14,19-20,24H,6,9-13,15H2,1-3H3,(H,27,30)/b28-22+/t19-,20-,24+,25-,26-/m0/s1. The van der Waals surface area contributed by atoms with E-state index < -0.39 is 15.5 Å². The number of allylic oxidation sites excluding steroid dienone is 1. The first-order valence-corrected chi connectivity index (χ1v) is 13.5. The summed E-state index contributed by atoms with van der Waals surface area (Å²) in [6, 6.07) is 6.47. The largest absolute Gasteiger partial charge is 0.358 e. The van der Waals surface area contributed by atoms with E-state index in [0.29, 0.717) is 25.1 Å². The van der Waals surface area contributed by atoms with Crippen molar-refractivity contribution in [2.45, 2.75) is 64.2 Å². The third-order valence-electron chi connectivity index (χ3n) is 8.97. The molecule has 4 aliphatic rings. The summed E-state index contributed by atoms with van der Waals surface area (Å²) in [5.41, 5.74) is 1.91. The van der Waals surface area contributed by atoms with Gasteiger partial charge >= 0.3 is 10.1 Å². The number of carbonyl (C=O) groups excluding carboxylic acids is 2. The molecule has 7 nitrogen and oxygen atoms in total. The highest BCUT2D eigenvalue weighted by molar-refractivity contribution is 7.86. The number of fused-ring (bicyclic) bond motifs is 5. The van der Waals surface area contributed by atoms with Crippen molar-refractivity contribution in [3.63, 3.8) is 0 Å². The molecule has 1 N–H and O–H groups in total. The summed E-state index contributed by atoms with van der Waals surface area (Å²) >= 11 is 0. The molecule has 1 aromatic carbocycles. The Kier molecular flexibility index (Phi) is 5.50. The van der Waals surface area contributed by atoms with Crippen LogP contribution in [-0.4, -0.2) is 32.4 Å². The number of carbonyl (C=O) groups is 2. The lowest BCUT2D eigenvalue weighted by atomic mass is 9.48. The maximum Gasteiger partial charge on any atom is 0.358 e. The third-order valence-corrected chi connectivity index (χ3v) is 10.1. The molecule has 1 amide bonds. The maximum absolute atomic E-state index is 13.7. The van der Waals surface area contributed by atoms with E-state index in [1.807, 2.05) is 13.8 Å². The molecule has 182 valence electrons. The number of aryl methyl sites for hydroxylation is 1. The lowest BCUT2D eigenvalue weighted by Crippen LogP contribution is -2.54. The fraction of sp³-hybridized carbons (Fsp3) is 0.577. The normalized spacial score (nSPS) is 36.6. The summed E-state index contributed by atoms with van der Waals surface area (Å²) in [5.74, 6) is 0.456. The Morgan fingerprint density at radius 1 is 1.06 bits per heavy atom. The highest BCUT2D eigenvalue weighted by atomic mass is 32.2. The Morgan fingerprint density at radius 2 is 1.79 bits per heavy atom. The van der Waals surface area contributed by atoms with E-state index in [-0.39, 0.29) is 39.8 Å². The highest BCUT2D eigenvalue weighted by Gasteiger charge is 2.61. The lowest BCUT2D eigenvalue weighted by Gasteiger charge is -2.55. The van der Waals surface area contributed by atoms with Crippen molar-refractivity contribution in [2.24, 2.45) is 33.7 Å². The van der Waals surface area contributed by atoms with E-state index in [0.717, 1.165) is 36.8 Å². The van der Waals surface area contributed by atoms with Crippen LogP contribution in [0.1, 0.15) is 57.9 Å². The molecule has 1 heterocycles. The van der Waals surface area contributed by atoms with Crippen LogP contribution in [-0.2, 0) is 24.0 Å². The minimum absolute atomic E-state index is 0.0625. The van der Waals surface area contributed by atoms with Crippen LogP contribution in [0.4, 0.5) is 0 Å². The molecule has 0 unspecified atom stereocenters. The predicted octanol–water partition coefficient (Wildman–Crippen LogP) is 3.92. The zero-order valence-corrected chi connectivity index (χ0v) is 20.8. The van der Waals surface area contributed by atoms with Gasteiger partial charge in [-0.3, -0.25) is 13.9 Å². The van der Waals surface area contributed by atoms with Gasteiger partial charge in [0.15, 0.2) is 0 Å². The van der Waals surface area contributed by atoms with Gasteiger partial charge in [0.1, 0.15) is 10.7 Å². The minimum atomic E-state index is -4.02. The molecule has 5 atom stereocenters. The summed E-state index contributed by atoms with van der Waals surface area (Å²) < 4.78 is 30.5. The van der Waals surface area contributed by atoms with Gasteiger partial charge in [0.2, 0.25) is 5.91 Å². The van der Waals surface area contributed by atoms with Crippen LogP contribution < -0.4 is 5.32 Å². The van der Waals surface area contributed by atoms with Gasteiger partial charge in [0.25, 0.3) is 0 Å². The SMILES string of the molecule is Cc1ccc(S(=O)(=O)O/N=C2\CC[C@H]3[C@@H]4CCC5=CC(=O)NCC[C@]5(C)[C@H]4C(=O)C[C@]23C)cc1.